The maximum Gasteiger partial charge on any atom is 0.228 e. The zero-order valence-electron chi connectivity index (χ0n) is 12.9. The summed E-state index contributed by atoms with van der Waals surface area (Å²) in [5, 5.41) is 2.89. The minimum Gasteiger partial charge on any atom is -0.495 e. The third-order valence-electron chi connectivity index (χ3n) is 3.22. The fourth-order valence-electron chi connectivity index (χ4n) is 1.80. The number of ether oxygens (including phenoxy) is 1. The first kappa shape index (κ1) is 16.5. The average molecular weight is 279 g/mol. The zero-order chi connectivity index (χ0) is 15.3. The van der Waals surface area contributed by atoms with Gasteiger partial charge in [-0.3, -0.25) is 4.79 Å². The molecular formula is C15H25N3O2. The number of anilines is 1. The third kappa shape index (κ3) is 4.51. The molecule has 1 rings (SSSR count). The first-order chi connectivity index (χ1) is 9.35. The van der Waals surface area contributed by atoms with Gasteiger partial charge in [-0.25, -0.2) is 0 Å². The molecule has 0 saturated carbocycles. The van der Waals surface area contributed by atoms with Gasteiger partial charge in [-0.1, -0.05) is 13.0 Å². The highest BCUT2D eigenvalue weighted by Crippen LogP contribution is 2.26. The van der Waals surface area contributed by atoms with Crippen LogP contribution in [0.3, 0.4) is 0 Å². The molecule has 3 N–H and O–H groups in total. The quantitative estimate of drug-likeness (QED) is 0.831. The highest BCUT2D eigenvalue weighted by Gasteiger charge is 2.18. The van der Waals surface area contributed by atoms with Crippen LogP contribution in [0.15, 0.2) is 18.2 Å². The van der Waals surface area contributed by atoms with E-state index in [0.29, 0.717) is 11.4 Å². The second-order valence-corrected chi connectivity index (χ2v) is 5.41. The molecule has 0 bridgehead atoms. The van der Waals surface area contributed by atoms with Crippen molar-refractivity contribution in [3.63, 3.8) is 0 Å². The minimum atomic E-state index is -0.253. The molecule has 112 valence electrons. The third-order valence-corrected chi connectivity index (χ3v) is 3.22. The summed E-state index contributed by atoms with van der Waals surface area (Å²) >= 11 is 0. The number of carbonyl (C=O) groups is 1. The Kier molecular flexibility index (Phi) is 5.98. The van der Waals surface area contributed by atoms with E-state index >= 15 is 0 Å². The van der Waals surface area contributed by atoms with Crippen LogP contribution in [-0.4, -0.2) is 38.1 Å². The van der Waals surface area contributed by atoms with Crippen molar-refractivity contribution in [1.29, 1.82) is 0 Å². The van der Waals surface area contributed by atoms with Crippen molar-refractivity contribution in [1.82, 2.24) is 4.90 Å². The van der Waals surface area contributed by atoms with Crippen LogP contribution in [-0.2, 0) is 11.3 Å². The summed E-state index contributed by atoms with van der Waals surface area (Å²) in [4.78, 5) is 14.2. The van der Waals surface area contributed by atoms with Crippen molar-refractivity contribution >= 4 is 11.6 Å². The number of hydrogen-bond donors (Lipinski definition) is 2. The number of methoxy groups -OCH3 is 1. The molecule has 0 aliphatic rings. The number of rotatable bonds is 6. The van der Waals surface area contributed by atoms with Gasteiger partial charge in [-0.05, 0) is 38.7 Å². The van der Waals surface area contributed by atoms with Crippen molar-refractivity contribution in [2.75, 3.05) is 26.5 Å². The van der Waals surface area contributed by atoms with Crippen LogP contribution in [0.5, 0.6) is 5.75 Å². The summed E-state index contributed by atoms with van der Waals surface area (Å²) in [6.07, 6.45) is 0. The van der Waals surface area contributed by atoms with Crippen LogP contribution in [0.1, 0.15) is 19.4 Å². The van der Waals surface area contributed by atoms with Crippen LogP contribution < -0.4 is 15.8 Å². The molecule has 0 heterocycles. The number of benzene rings is 1. The van der Waals surface area contributed by atoms with E-state index in [2.05, 4.69) is 10.2 Å². The Morgan fingerprint density at radius 2 is 2.05 bits per heavy atom. The van der Waals surface area contributed by atoms with E-state index in [1.807, 2.05) is 46.1 Å². The Bertz CT molecular complexity index is 458. The summed E-state index contributed by atoms with van der Waals surface area (Å²) in [6.45, 7) is 4.44. The minimum absolute atomic E-state index is 0.0969. The van der Waals surface area contributed by atoms with E-state index in [0.717, 1.165) is 12.1 Å². The van der Waals surface area contributed by atoms with Gasteiger partial charge in [0.15, 0.2) is 0 Å². The zero-order valence-corrected chi connectivity index (χ0v) is 12.9. The lowest BCUT2D eigenvalue weighted by molar-refractivity contribution is -0.119. The van der Waals surface area contributed by atoms with Crippen molar-refractivity contribution in [2.24, 2.45) is 11.7 Å². The monoisotopic (exact) mass is 279 g/mol. The molecule has 5 nitrogen and oxygen atoms in total. The molecule has 0 spiro atoms. The fraction of sp³-hybridized carbons (Fsp3) is 0.533. The molecular weight excluding hydrogens is 254 g/mol. The lowest BCUT2D eigenvalue weighted by atomic mass is 10.0. The largest absolute Gasteiger partial charge is 0.495 e. The summed E-state index contributed by atoms with van der Waals surface area (Å²) in [5.74, 6) is 0.301. The summed E-state index contributed by atoms with van der Waals surface area (Å²) in [6, 6.07) is 5.60. The number of nitrogens with zero attached hydrogens (tertiary/aromatic N) is 1. The fourth-order valence-corrected chi connectivity index (χ4v) is 1.80. The molecule has 0 aromatic heterocycles. The van der Waals surface area contributed by atoms with Gasteiger partial charge < -0.3 is 20.7 Å². The van der Waals surface area contributed by atoms with Crippen LogP contribution in [0, 0.1) is 5.92 Å². The molecule has 0 aliphatic heterocycles. The molecule has 1 aromatic carbocycles. The molecule has 2 atom stereocenters. The van der Waals surface area contributed by atoms with Gasteiger partial charge in [0.05, 0.1) is 18.7 Å². The molecule has 5 heteroatoms. The van der Waals surface area contributed by atoms with Crippen molar-refractivity contribution < 1.29 is 9.53 Å². The number of amides is 1. The SMILES string of the molecule is COc1ccc(CN(C)C)cc1NC(=O)C(C)C(C)N. The van der Waals surface area contributed by atoms with Gasteiger partial charge in [0, 0.05) is 12.6 Å². The first-order valence-electron chi connectivity index (χ1n) is 6.73. The van der Waals surface area contributed by atoms with Gasteiger partial charge >= 0.3 is 0 Å². The van der Waals surface area contributed by atoms with Gasteiger partial charge in [-0.2, -0.15) is 0 Å². The molecule has 2 unspecified atom stereocenters. The van der Waals surface area contributed by atoms with E-state index in [1.54, 1.807) is 7.11 Å². The van der Waals surface area contributed by atoms with Crippen molar-refractivity contribution in [2.45, 2.75) is 26.4 Å². The maximum atomic E-state index is 12.1. The van der Waals surface area contributed by atoms with E-state index in [4.69, 9.17) is 10.5 Å². The lowest BCUT2D eigenvalue weighted by Crippen LogP contribution is -2.34. The van der Waals surface area contributed by atoms with Crippen LogP contribution >= 0.6 is 0 Å². The molecule has 0 radical (unpaired) electrons. The summed E-state index contributed by atoms with van der Waals surface area (Å²) in [7, 11) is 5.59. The highest BCUT2D eigenvalue weighted by atomic mass is 16.5. The Labute approximate surface area is 121 Å². The highest BCUT2D eigenvalue weighted by molar-refractivity contribution is 5.94. The number of nitrogens with one attached hydrogen (secondary N) is 1. The van der Waals surface area contributed by atoms with Gasteiger partial charge in [0.1, 0.15) is 5.75 Å². The Balaban J connectivity index is 2.93. The second kappa shape index (κ2) is 7.26. The standard InChI is InChI=1S/C15H25N3O2/c1-10(11(2)16)15(19)17-13-8-12(9-18(3)4)6-7-14(13)20-5/h6-8,10-11H,9,16H2,1-5H3,(H,17,19). The van der Waals surface area contributed by atoms with Crippen LogP contribution in [0.2, 0.25) is 0 Å². The molecule has 20 heavy (non-hydrogen) atoms. The average Bonchev–Trinajstić information content (AvgIpc) is 2.37. The van der Waals surface area contributed by atoms with Gasteiger partial charge in [0.25, 0.3) is 0 Å². The normalized spacial score (nSPS) is 13.9. The molecule has 0 fully saturated rings. The molecule has 1 amide bonds. The molecule has 0 saturated heterocycles. The van der Waals surface area contributed by atoms with Crippen molar-refractivity contribution in [3.8, 4) is 5.75 Å². The molecule has 1 aromatic rings. The van der Waals surface area contributed by atoms with E-state index in [9.17, 15) is 4.79 Å². The lowest BCUT2D eigenvalue weighted by Gasteiger charge is -2.18. The smallest absolute Gasteiger partial charge is 0.228 e. The maximum absolute atomic E-state index is 12.1. The summed E-state index contributed by atoms with van der Waals surface area (Å²) < 4.78 is 5.29. The number of carbonyl (C=O) groups excluding carboxylic acids is 1. The van der Waals surface area contributed by atoms with Crippen molar-refractivity contribution in [3.05, 3.63) is 23.8 Å². The van der Waals surface area contributed by atoms with E-state index < -0.39 is 0 Å². The van der Waals surface area contributed by atoms with Gasteiger partial charge in [-0.15, -0.1) is 0 Å². The topological polar surface area (TPSA) is 67.6 Å². The Hall–Kier alpha value is -1.59. The van der Waals surface area contributed by atoms with Crippen LogP contribution in [0.25, 0.3) is 0 Å². The second-order valence-electron chi connectivity index (χ2n) is 5.41. The Morgan fingerprint density at radius 1 is 1.40 bits per heavy atom. The predicted octanol–water partition coefficient (Wildman–Crippen LogP) is 1.68. The predicted molar refractivity (Wildman–Crippen MR) is 81.8 cm³/mol. The number of nitrogens with two attached hydrogens (primary N) is 1. The molecule has 0 aliphatic carbocycles. The van der Waals surface area contributed by atoms with E-state index in [1.165, 1.54) is 0 Å². The first-order valence-corrected chi connectivity index (χ1v) is 6.73. The van der Waals surface area contributed by atoms with Crippen LogP contribution in [0.4, 0.5) is 5.69 Å². The van der Waals surface area contributed by atoms with E-state index in [-0.39, 0.29) is 17.9 Å². The number of hydrogen-bond acceptors (Lipinski definition) is 4. The summed E-state index contributed by atoms with van der Waals surface area (Å²) in [5.41, 5.74) is 7.55. The Morgan fingerprint density at radius 3 is 2.55 bits per heavy atom. The van der Waals surface area contributed by atoms with Gasteiger partial charge in [0.2, 0.25) is 5.91 Å².